The van der Waals surface area contributed by atoms with Crippen molar-refractivity contribution in [1.29, 1.82) is 10.5 Å². The number of nitriles is 2. The molecule has 0 aliphatic heterocycles. The second kappa shape index (κ2) is 6.09. The highest BCUT2D eigenvalue weighted by Gasteiger charge is 2.07. The first-order valence-corrected chi connectivity index (χ1v) is 5.46. The molecule has 17 heavy (non-hydrogen) atoms. The second-order valence-corrected chi connectivity index (χ2v) is 4.02. The van der Waals surface area contributed by atoms with E-state index in [4.69, 9.17) is 26.9 Å². The highest BCUT2D eigenvalue weighted by molar-refractivity contribution is 9.10. The fourth-order valence-corrected chi connectivity index (χ4v) is 1.61. The van der Waals surface area contributed by atoms with Crippen molar-refractivity contribution < 1.29 is 4.74 Å². The fourth-order valence-electron chi connectivity index (χ4n) is 0.962. The molecule has 0 aliphatic rings. The predicted molar refractivity (Wildman–Crippen MR) is 68.0 cm³/mol. The van der Waals surface area contributed by atoms with Crippen LogP contribution in [-0.4, -0.2) is 12.8 Å². The zero-order chi connectivity index (χ0) is 12.8. The van der Waals surface area contributed by atoms with Crippen molar-refractivity contribution in [3.63, 3.8) is 0 Å². The molecule has 1 rings (SSSR count). The summed E-state index contributed by atoms with van der Waals surface area (Å²) in [4.78, 5) is 0. The lowest BCUT2D eigenvalue weighted by molar-refractivity contribution is 0.415. The van der Waals surface area contributed by atoms with E-state index in [0.717, 1.165) is 0 Å². The smallest absolute Gasteiger partial charge is 0.237 e. The van der Waals surface area contributed by atoms with Crippen LogP contribution in [0.4, 0.5) is 5.69 Å². The number of nitrogens with one attached hydrogen (secondary N) is 1. The largest absolute Gasteiger partial charge is 0.495 e. The molecule has 7 heteroatoms. The summed E-state index contributed by atoms with van der Waals surface area (Å²) >= 11 is 9.20. The summed E-state index contributed by atoms with van der Waals surface area (Å²) in [5.41, 5.74) is 2.82. The van der Waals surface area contributed by atoms with E-state index in [-0.39, 0.29) is 5.71 Å². The molecule has 0 heterocycles. The molecule has 0 aliphatic carbocycles. The SMILES string of the molecule is COc1cc(Br)c(NN=C(C#N)C#N)cc1Cl. The number of ether oxygens (including phenoxy) is 1. The van der Waals surface area contributed by atoms with Crippen LogP contribution < -0.4 is 10.2 Å². The lowest BCUT2D eigenvalue weighted by Crippen LogP contribution is -1.97. The van der Waals surface area contributed by atoms with Gasteiger partial charge in [-0.15, -0.1) is 0 Å². The van der Waals surface area contributed by atoms with E-state index in [0.29, 0.717) is 20.9 Å². The summed E-state index contributed by atoms with van der Waals surface area (Å²) in [5, 5.41) is 21.0. The molecule has 0 saturated heterocycles. The summed E-state index contributed by atoms with van der Waals surface area (Å²) in [6, 6.07) is 6.49. The average Bonchev–Trinajstić information content (AvgIpc) is 2.34. The molecule has 5 nitrogen and oxygen atoms in total. The van der Waals surface area contributed by atoms with E-state index >= 15 is 0 Å². The first-order valence-electron chi connectivity index (χ1n) is 4.29. The molecular formula is C10H6BrClN4O. The number of hydrogen-bond donors (Lipinski definition) is 1. The zero-order valence-electron chi connectivity index (χ0n) is 8.66. The summed E-state index contributed by atoms with van der Waals surface area (Å²) in [5.74, 6) is 0.508. The first-order chi connectivity index (χ1) is 8.12. The second-order valence-electron chi connectivity index (χ2n) is 2.76. The molecule has 1 N–H and O–H groups in total. The Labute approximate surface area is 111 Å². The Bertz CT molecular complexity index is 528. The minimum absolute atomic E-state index is 0.274. The number of rotatable bonds is 3. The van der Waals surface area contributed by atoms with Crippen molar-refractivity contribution in [2.24, 2.45) is 5.10 Å². The van der Waals surface area contributed by atoms with Gasteiger partial charge < -0.3 is 4.74 Å². The molecule has 0 bridgehead atoms. The zero-order valence-corrected chi connectivity index (χ0v) is 11.0. The van der Waals surface area contributed by atoms with Gasteiger partial charge >= 0.3 is 0 Å². The third-order valence-corrected chi connectivity index (χ3v) is 2.69. The highest BCUT2D eigenvalue weighted by atomic mass is 79.9. The van der Waals surface area contributed by atoms with Crippen molar-refractivity contribution >= 4 is 38.9 Å². The van der Waals surface area contributed by atoms with Crippen molar-refractivity contribution in [1.82, 2.24) is 0 Å². The fraction of sp³-hybridized carbons (Fsp3) is 0.100. The molecule has 1 aromatic carbocycles. The number of nitrogens with zero attached hydrogens (tertiary/aromatic N) is 3. The monoisotopic (exact) mass is 312 g/mol. The Hall–Kier alpha value is -1.76. The number of anilines is 1. The lowest BCUT2D eigenvalue weighted by Gasteiger charge is -2.08. The van der Waals surface area contributed by atoms with Gasteiger partial charge in [0, 0.05) is 4.47 Å². The van der Waals surface area contributed by atoms with Gasteiger partial charge in [0.2, 0.25) is 5.71 Å². The summed E-state index contributed by atoms with van der Waals surface area (Å²) < 4.78 is 5.67. The van der Waals surface area contributed by atoms with E-state index in [2.05, 4.69) is 26.5 Å². The van der Waals surface area contributed by atoms with Crippen molar-refractivity contribution in [2.75, 3.05) is 12.5 Å². The average molecular weight is 314 g/mol. The molecule has 86 valence electrons. The van der Waals surface area contributed by atoms with E-state index in [1.54, 1.807) is 24.3 Å². The molecule has 0 unspecified atom stereocenters. The topological polar surface area (TPSA) is 81.2 Å². The number of hydrazone groups is 1. The maximum absolute atomic E-state index is 8.51. The maximum atomic E-state index is 8.51. The molecule has 0 amide bonds. The minimum Gasteiger partial charge on any atom is -0.495 e. The highest BCUT2D eigenvalue weighted by Crippen LogP contribution is 2.34. The lowest BCUT2D eigenvalue weighted by atomic mass is 10.3. The third kappa shape index (κ3) is 3.35. The number of hydrogen-bond acceptors (Lipinski definition) is 5. The van der Waals surface area contributed by atoms with Crippen LogP contribution in [0.2, 0.25) is 5.02 Å². The van der Waals surface area contributed by atoms with Crippen LogP contribution in [0, 0.1) is 22.7 Å². The Kier molecular flexibility index (Phi) is 4.77. The molecule has 0 atom stereocenters. The van der Waals surface area contributed by atoms with Gasteiger partial charge in [0.25, 0.3) is 0 Å². The summed E-state index contributed by atoms with van der Waals surface area (Å²) in [6.45, 7) is 0. The van der Waals surface area contributed by atoms with Gasteiger partial charge in [0.1, 0.15) is 17.9 Å². The Morgan fingerprint density at radius 1 is 1.47 bits per heavy atom. The Morgan fingerprint density at radius 2 is 2.12 bits per heavy atom. The van der Waals surface area contributed by atoms with E-state index in [9.17, 15) is 0 Å². The molecule has 1 aromatic rings. The summed E-state index contributed by atoms with van der Waals surface area (Å²) in [7, 11) is 1.50. The summed E-state index contributed by atoms with van der Waals surface area (Å²) in [6.07, 6.45) is 0. The van der Waals surface area contributed by atoms with Crippen molar-refractivity contribution in [2.45, 2.75) is 0 Å². The molecule has 0 aromatic heterocycles. The normalized spacial score (nSPS) is 8.76. The third-order valence-electron chi connectivity index (χ3n) is 1.74. The van der Waals surface area contributed by atoms with Crippen LogP contribution in [0.1, 0.15) is 0 Å². The van der Waals surface area contributed by atoms with Crippen LogP contribution in [0.15, 0.2) is 21.7 Å². The Balaban J connectivity index is 3.02. The van der Waals surface area contributed by atoms with Gasteiger partial charge in [-0.05, 0) is 28.1 Å². The Morgan fingerprint density at radius 3 is 2.65 bits per heavy atom. The molecule has 0 radical (unpaired) electrons. The first kappa shape index (κ1) is 13.3. The van der Waals surface area contributed by atoms with Gasteiger partial charge in [0.05, 0.1) is 17.8 Å². The van der Waals surface area contributed by atoms with Gasteiger partial charge in [0.15, 0.2) is 0 Å². The molecule has 0 saturated carbocycles. The van der Waals surface area contributed by atoms with Crippen molar-refractivity contribution in [3.8, 4) is 17.9 Å². The molecular weight excluding hydrogens is 307 g/mol. The molecule has 0 spiro atoms. The van der Waals surface area contributed by atoms with Crippen molar-refractivity contribution in [3.05, 3.63) is 21.6 Å². The predicted octanol–water partition coefficient (Wildman–Crippen LogP) is 2.93. The standard InChI is InChI=1S/C10H6BrClN4O/c1-17-10-2-7(11)9(3-8(10)12)16-15-6(4-13)5-14/h2-3,16H,1H3. The van der Waals surface area contributed by atoms with Gasteiger partial charge in [-0.2, -0.15) is 15.6 Å². The number of halogens is 2. The van der Waals surface area contributed by atoms with Gasteiger partial charge in [-0.3, -0.25) is 5.43 Å². The minimum atomic E-state index is -0.274. The van der Waals surface area contributed by atoms with Crippen LogP contribution in [-0.2, 0) is 0 Å². The maximum Gasteiger partial charge on any atom is 0.237 e. The number of methoxy groups -OCH3 is 1. The van der Waals surface area contributed by atoms with Crippen LogP contribution in [0.5, 0.6) is 5.75 Å². The number of benzene rings is 1. The van der Waals surface area contributed by atoms with Crippen LogP contribution in [0.25, 0.3) is 0 Å². The van der Waals surface area contributed by atoms with Crippen LogP contribution >= 0.6 is 27.5 Å². The van der Waals surface area contributed by atoms with E-state index < -0.39 is 0 Å². The van der Waals surface area contributed by atoms with E-state index in [1.165, 1.54) is 7.11 Å². The van der Waals surface area contributed by atoms with Crippen LogP contribution in [0.3, 0.4) is 0 Å². The van der Waals surface area contributed by atoms with E-state index in [1.807, 2.05) is 0 Å². The van der Waals surface area contributed by atoms with Gasteiger partial charge in [-0.25, -0.2) is 0 Å². The quantitative estimate of drug-likeness (QED) is 0.687. The molecule has 0 fully saturated rings. The van der Waals surface area contributed by atoms with Gasteiger partial charge in [-0.1, -0.05) is 11.6 Å².